The minimum Gasteiger partial charge on any atom is -0.493 e. The molecule has 3 aromatic carbocycles. The average Bonchev–Trinajstić information content (AvgIpc) is 3.39. The number of aromatic nitrogens is 2. The predicted octanol–water partition coefficient (Wildman–Crippen LogP) is 4.96. The molecular formula is C29H26N4O4. The minimum atomic E-state index is -0.938. The number of nitrogens with one attached hydrogen (secondary N) is 1. The summed E-state index contributed by atoms with van der Waals surface area (Å²) >= 11 is 0. The van der Waals surface area contributed by atoms with E-state index in [0.29, 0.717) is 22.8 Å². The van der Waals surface area contributed by atoms with E-state index in [1.165, 1.54) is 27.4 Å². The molecule has 8 heteroatoms. The van der Waals surface area contributed by atoms with E-state index in [-0.39, 0.29) is 0 Å². The third-order valence-corrected chi connectivity index (χ3v) is 5.66. The maximum absolute atomic E-state index is 12.9. The lowest BCUT2D eigenvalue weighted by Gasteiger charge is -2.16. The summed E-state index contributed by atoms with van der Waals surface area (Å²) in [5, 5.41) is 17.2. The lowest BCUT2D eigenvalue weighted by molar-refractivity contribution is -0.116. The van der Waals surface area contributed by atoms with E-state index in [2.05, 4.69) is 11.4 Å². The maximum Gasteiger partial charge on any atom is 0.245 e. The number of carbonyl (C=O) groups is 1. The Balaban J connectivity index is 1.61. The molecule has 1 heterocycles. The molecule has 1 unspecified atom stereocenters. The van der Waals surface area contributed by atoms with Crippen LogP contribution in [0.5, 0.6) is 17.2 Å². The Morgan fingerprint density at radius 3 is 2.16 bits per heavy atom. The summed E-state index contributed by atoms with van der Waals surface area (Å²) in [6.45, 7) is 0. The van der Waals surface area contributed by atoms with Gasteiger partial charge in [0.05, 0.1) is 38.8 Å². The molecule has 0 aliphatic heterocycles. The fraction of sp³-hybridized carbons (Fsp3) is 0.138. The van der Waals surface area contributed by atoms with Gasteiger partial charge in [-0.05, 0) is 35.9 Å². The zero-order valence-electron chi connectivity index (χ0n) is 20.7. The number of rotatable bonds is 9. The van der Waals surface area contributed by atoms with E-state index in [1.54, 1.807) is 22.9 Å². The molecule has 0 aliphatic carbocycles. The highest BCUT2D eigenvalue weighted by Gasteiger charge is 2.20. The molecule has 0 fully saturated rings. The fourth-order valence-corrected chi connectivity index (χ4v) is 3.86. The Morgan fingerprint density at radius 2 is 1.59 bits per heavy atom. The molecule has 0 saturated heterocycles. The van der Waals surface area contributed by atoms with E-state index >= 15 is 0 Å². The van der Waals surface area contributed by atoms with E-state index in [4.69, 9.17) is 19.3 Å². The Kier molecular flexibility index (Phi) is 7.86. The zero-order chi connectivity index (χ0) is 26.2. The van der Waals surface area contributed by atoms with Crippen LogP contribution in [0.25, 0.3) is 23.0 Å². The predicted molar refractivity (Wildman–Crippen MR) is 141 cm³/mol. The highest BCUT2D eigenvalue weighted by Crippen LogP contribution is 2.39. The van der Waals surface area contributed by atoms with Gasteiger partial charge in [0, 0.05) is 23.4 Å². The van der Waals surface area contributed by atoms with Gasteiger partial charge in [0.15, 0.2) is 11.5 Å². The molecular weight excluding hydrogens is 468 g/mol. The molecule has 0 saturated carbocycles. The van der Waals surface area contributed by atoms with Gasteiger partial charge in [0.1, 0.15) is 6.04 Å². The zero-order valence-corrected chi connectivity index (χ0v) is 20.7. The number of nitrogens with zero attached hydrogens (tertiary/aromatic N) is 3. The van der Waals surface area contributed by atoms with Crippen LogP contribution in [0.1, 0.15) is 17.2 Å². The molecule has 8 nitrogen and oxygen atoms in total. The van der Waals surface area contributed by atoms with Crippen LogP contribution in [0.2, 0.25) is 0 Å². The first-order valence-corrected chi connectivity index (χ1v) is 11.5. The van der Waals surface area contributed by atoms with Crippen molar-refractivity contribution in [2.45, 2.75) is 6.04 Å². The SMILES string of the molecule is COc1cc(C(C#N)NC(=O)/C=C/c2cn(-c3ccccc3)nc2-c2ccccc2)cc(OC)c1OC. The summed E-state index contributed by atoms with van der Waals surface area (Å²) in [5.41, 5.74) is 3.81. The van der Waals surface area contributed by atoms with Crippen LogP contribution in [0.15, 0.2) is 85.1 Å². The van der Waals surface area contributed by atoms with Crippen molar-refractivity contribution < 1.29 is 19.0 Å². The van der Waals surface area contributed by atoms with E-state index in [0.717, 1.165) is 22.5 Å². The van der Waals surface area contributed by atoms with Gasteiger partial charge in [-0.15, -0.1) is 0 Å². The number of hydrogen-bond donors (Lipinski definition) is 1. The Labute approximate surface area is 215 Å². The number of ether oxygens (including phenoxy) is 3. The molecule has 37 heavy (non-hydrogen) atoms. The number of amides is 1. The van der Waals surface area contributed by atoms with Gasteiger partial charge in [-0.2, -0.15) is 10.4 Å². The molecule has 1 N–H and O–H groups in total. The van der Waals surface area contributed by atoms with E-state index in [9.17, 15) is 10.1 Å². The molecule has 186 valence electrons. The van der Waals surface area contributed by atoms with Crippen molar-refractivity contribution in [1.29, 1.82) is 5.26 Å². The van der Waals surface area contributed by atoms with Crippen LogP contribution in [0.3, 0.4) is 0 Å². The van der Waals surface area contributed by atoms with Gasteiger partial charge in [0.25, 0.3) is 0 Å². The van der Waals surface area contributed by atoms with Gasteiger partial charge >= 0.3 is 0 Å². The number of methoxy groups -OCH3 is 3. The van der Waals surface area contributed by atoms with Crippen molar-refractivity contribution in [2.24, 2.45) is 0 Å². The van der Waals surface area contributed by atoms with Gasteiger partial charge in [-0.25, -0.2) is 4.68 Å². The molecule has 0 radical (unpaired) electrons. The topological polar surface area (TPSA) is 98.4 Å². The normalized spacial score (nSPS) is 11.5. The van der Waals surface area contributed by atoms with Crippen LogP contribution in [-0.4, -0.2) is 37.0 Å². The molecule has 0 spiro atoms. The van der Waals surface area contributed by atoms with Gasteiger partial charge in [-0.1, -0.05) is 48.5 Å². The third kappa shape index (κ3) is 5.63. The molecule has 0 bridgehead atoms. The summed E-state index contributed by atoms with van der Waals surface area (Å²) in [6, 6.07) is 23.9. The first-order valence-electron chi connectivity index (χ1n) is 11.5. The van der Waals surface area contributed by atoms with Gasteiger partial charge in [-0.3, -0.25) is 4.79 Å². The summed E-state index contributed by atoms with van der Waals surface area (Å²) in [7, 11) is 4.48. The third-order valence-electron chi connectivity index (χ3n) is 5.66. The highest BCUT2D eigenvalue weighted by molar-refractivity contribution is 5.93. The molecule has 4 rings (SSSR count). The Morgan fingerprint density at radius 1 is 0.973 bits per heavy atom. The number of benzene rings is 3. The lowest BCUT2D eigenvalue weighted by atomic mass is 10.1. The molecule has 4 aromatic rings. The summed E-state index contributed by atoms with van der Waals surface area (Å²) in [6.07, 6.45) is 4.94. The van der Waals surface area contributed by atoms with Crippen molar-refractivity contribution in [3.05, 3.63) is 96.2 Å². The minimum absolute atomic E-state index is 0.391. The lowest BCUT2D eigenvalue weighted by Crippen LogP contribution is -2.25. The number of hydrogen-bond acceptors (Lipinski definition) is 6. The van der Waals surface area contributed by atoms with Crippen LogP contribution in [0.4, 0.5) is 0 Å². The summed E-state index contributed by atoms with van der Waals surface area (Å²) in [5.74, 6) is 0.748. The monoisotopic (exact) mass is 494 g/mol. The largest absolute Gasteiger partial charge is 0.493 e. The fourth-order valence-electron chi connectivity index (χ4n) is 3.86. The van der Waals surface area contributed by atoms with Crippen molar-refractivity contribution in [3.8, 4) is 40.3 Å². The van der Waals surface area contributed by atoms with Crippen molar-refractivity contribution >= 4 is 12.0 Å². The quantitative estimate of drug-likeness (QED) is 0.330. The number of nitriles is 1. The molecule has 1 aromatic heterocycles. The highest BCUT2D eigenvalue weighted by atomic mass is 16.5. The standard InChI is InChI=1S/C29H26N4O4/c1-35-25-16-22(17-26(36-2)29(25)37-3)24(18-30)31-27(34)15-14-21-19-33(23-12-8-5-9-13-23)32-28(21)20-10-6-4-7-11-20/h4-17,19,24H,1-3H3,(H,31,34)/b15-14+. The van der Waals surface area contributed by atoms with E-state index < -0.39 is 11.9 Å². The van der Waals surface area contributed by atoms with Crippen molar-refractivity contribution in [3.63, 3.8) is 0 Å². The van der Waals surface area contributed by atoms with Crippen molar-refractivity contribution in [1.82, 2.24) is 15.1 Å². The summed E-state index contributed by atoms with van der Waals surface area (Å²) in [4.78, 5) is 12.9. The van der Waals surface area contributed by atoms with Gasteiger partial charge in [0.2, 0.25) is 11.7 Å². The average molecular weight is 495 g/mol. The Bertz CT molecular complexity index is 1420. The molecule has 1 amide bonds. The Hall–Kier alpha value is -5.03. The van der Waals surface area contributed by atoms with Gasteiger partial charge < -0.3 is 19.5 Å². The molecule has 0 aliphatic rings. The summed E-state index contributed by atoms with van der Waals surface area (Å²) < 4.78 is 17.8. The van der Waals surface area contributed by atoms with Crippen LogP contribution < -0.4 is 19.5 Å². The second-order valence-electron chi connectivity index (χ2n) is 7.94. The molecule has 1 atom stereocenters. The smallest absolute Gasteiger partial charge is 0.245 e. The van der Waals surface area contributed by atoms with Crippen LogP contribution >= 0.6 is 0 Å². The first-order chi connectivity index (χ1) is 18.1. The maximum atomic E-state index is 12.9. The van der Waals surface area contributed by atoms with Crippen LogP contribution in [0, 0.1) is 11.3 Å². The second-order valence-corrected chi connectivity index (χ2v) is 7.94. The first kappa shape index (κ1) is 25.1. The van der Waals surface area contributed by atoms with Crippen molar-refractivity contribution in [2.75, 3.05) is 21.3 Å². The number of para-hydroxylation sites is 1. The van der Waals surface area contributed by atoms with E-state index in [1.807, 2.05) is 66.9 Å². The number of carbonyl (C=O) groups excluding carboxylic acids is 1. The van der Waals surface area contributed by atoms with Crippen LogP contribution in [-0.2, 0) is 4.79 Å². The second kappa shape index (κ2) is 11.6.